The van der Waals surface area contributed by atoms with Gasteiger partial charge in [0.25, 0.3) is 5.91 Å². The SMILES string of the molecule is C/C=C/C1=CN2C(=O)c3cc(OC)c(O)cc3N(C(=O)OCc3ccc(CC(=O)[C@@H](C)NC(=O)[C@H](CC)C(C)C)cc3)C(C)[C@@H]2C1. The van der Waals surface area contributed by atoms with Gasteiger partial charge < -0.3 is 24.8 Å². The molecule has 4 rings (SSSR count). The summed E-state index contributed by atoms with van der Waals surface area (Å²) in [7, 11) is 1.40. The summed E-state index contributed by atoms with van der Waals surface area (Å²) < 4.78 is 11.0. The van der Waals surface area contributed by atoms with Gasteiger partial charge >= 0.3 is 6.09 Å². The maximum Gasteiger partial charge on any atom is 0.414 e. The van der Waals surface area contributed by atoms with Crippen molar-refractivity contribution in [1.29, 1.82) is 0 Å². The van der Waals surface area contributed by atoms with Crippen LogP contribution in [0.1, 0.15) is 75.9 Å². The summed E-state index contributed by atoms with van der Waals surface area (Å²) in [6.07, 6.45) is 6.41. The number of carbonyl (C=O) groups is 4. The zero-order chi connectivity index (χ0) is 33.7. The van der Waals surface area contributed by atoms with Gasteiger partial charge in [-0.1, -0.05) is 57.2 Å². The molecule has 3 amide bonds. The van der Waals surface area contributed by atoms with E-state index in [0.29, 0.717) is 18.4 Å². The minimum Gasteiger partial charge on any atom is -0.504 e. The number of allylic oxidation sites excluding steroid dienone is 2. The number of phenolic OH excluding ortho intramolecular Hbond substituents is 1. The van der Waals surface area contributed by atoms with Crippen molar-refractivity contribution in [2.75, 3.05) is 12.0 Å². The molecule has 2 aliphatic heterocycles. The molecule has 1 unspecified atom stereocenters. The van der Waals surface area contributed by atoms with Gasteiger partial charge in [0.15, 0.2) is 17.3 Å². The Balaban J connectivity index is 1.46. The van der Waals surface area contributed by atoms with Crippen LogP contribution in [0.25, 0.3) is 0 Å². The van der Waals surface area contributed by atoms with Gasteiger partial charge in [0, 0.05) is 24.6 Å². The molecular formula is C36H45N3O7. The van der Waals surface area contributed by atoms with E-state index >= 15 is 0 Å². The standard InChI is InChI=1S/C36H45N3O7/c1-8-10-26-15-29-23(6)39(30-18-32(41)33(45-7)17-28(30)35(43)38(29)19-26)36(44)46-20-25-13-11-24(12-14-25)16-31(40)22(5)37-34(42)27(9-2)21(3)4/h8,10-14,17-19,21-23,27,29,41H,9,15-16,20H2,1-7H3,(H,37,42)/b10-8+/t22-,23?,27-,29+/m1/s1. The van der Waals surface area contributed by atoms with Crippen molar-refractivity contribution in [3.05, 3.63) is 77.0 Å². The molecule has 0 bridgehead atoms. The molecule has 0 aliphatic carbocycles. The molecule has 2 aliphatic rings. The van der Waals surface area contributed by atoms with Gasteiger partial charge in [-0.2, -0.15) is 0 Å². The monoisotopic (exact) mass is 631 g/mol. The highest BCUT2D eigenvalue weighted by Gasteiger charge is 2.44. The van der Waals surface area contributed by atoms with E-state index in [9.17, 15) is 24.3 Å². The maximum atomic E-state index is 13.7. The lowest BCUT2D eigenvalue weighted by molar-refractivity contribution is -0.130. The van der Waals surface area contributed by atoms with Gasteiger partial charge in [0.1, 0.15) is 6.61 Å². The molecule has 0 aromatic heterocycles. The fourth-order valence-electron chi connectivity index (χ4n) is 6.17. The Morgan fingerprint density at radius 1 is 1.11 bits per heavy atom. The van der Waals surface area contributed by atoms with Crippen molar-refractivity contribution in [3.8, 4) is 11.5 Å². The van der Waals surface area contributed by atoms with Crippen molar-refractivity contribution in [1.82, 2.24) is 10.2 Å². The van der Waals surface area contributed by atoms with E-state index < -0.39 is 18.2 Å². The predicted octanol–water partition coefficient (Wildman–Crippen LogP) is 5.92. The number of amides is 3. The summed E-state index contributed by atoms with van der Waals surface area (Å²) in [6.45, 7) is 11.4. The van der Waals surface area contributed by atoms with Gasteiger partial charge in [-0.25, -0.2) is 4.79 Å². The molecule has 2 aromatic rings. The number of rotatable bonds is 11. The molecule has 2 N–H and O–H groups in total. The van der Waals surface area contributed by atoms with Crippen LogP contribution in [0.3, 0.4) is 0 Å². The molecule has 0 saturated carbocycles. The van der Waals surface area contributed by atoms with Crippen LogP contribution in [-0.4, -0.2) is 58.9 Å². The maximum absolute atomic E-state index is 13.7. The number of carbonyl (C=O) groups excluding carboxylic acids is 4. The summed E-state index contributed by atoms with van der Waals surface area (Å²) in [5, 5.41) is 13.4. The smallest absolute Gasteiger partial charge is 0.414 e. The third-order valence-corrected chi connectivity index (χ3v) is 8.86. The molecule has 2 aromatic carbocycles. The topological polar surface area (TPSA) is 125 Å². The molecular weight excluding hydrogens is 586 g/mol. The number of aromatic hydroxyl groups is 1. The Bertz CT molecular complexity index is 1530. The Morgan fingerprint density at radius 2 is 1.78 bits per heavy atom. The summed E-state index contributed by atoms with van der Waals surface area (Å²) in [4.78, 5) is 55.9. The fraction of sp³-hybridized carbons (Fsp3) is 0.444. The average molecular weight is 632 g/mol. The quantitative estimate of drug-likeness (QED) is 0.315. The summed E-state index contributed by atoms with van der Waals surface area (Å²) in [5.41, 5.74) is 2.91. The van der Waals surface area contributed by atoms with Gasteiger partial charge in [0.05, 0.1) is 36.5 Å². The zero-order valence-electron chi connectivity index (χ0n) is 27.7. The Kier molecular flexibility index (Phi) is 10.9. The number of nitrogens with zero attached hydrogens (tertiary/aromatic N) is 2. The lowest BCUT2D eigenvalue weighted by Crippen LogP contribution is -2.48. The van der Waals surface area contributed by atoms with Crippen LogP contribution in [-0.2, 0) is 27.4 Å². The predicted molar refractivity (Wildman–Crippen MR) is 176 cm³/mol. The number of benzene rings is 2. The number of hydrogen-bond donors (Lipinski definition) is 2. The lowest BCUT2D eigenvalue weighted by atomic mass is 9.92. The molecule has 4 atom stereocenters. The van der Waals surface area contributed by atoms with E-state index in [0.717, 1.165) is 11.1 Å². The second-order valence-corrected chi connectivity index (χ2v) is 12.3. The van der Waals surface area contributed by atoms with E-state index in [2.05, 4.69) is 5.32 Å². The molecule has 2 heterocycles. The van der Waals surface area contributed by atoms with Crippen LogP contribution in [0, 0.1) is 11.8 Å². The van der Waals surface area contributed by atoms with Crippen LogP contribution < -0.4 is 15.0 Å². The van der Waals surface area contributed by atoms with Gasteiger partial charge in [-0.15, -0.1) is 0 Å². The highest BCUT2D eigenvalue weighted by Crippen LogP contribution is 2.42. The number of anilines is 1. The van der Waals surface area contributed by atoms with Crippen LogP contribution in [0.15, 0.2) is 60.3 Å². The highest BCUT2D eigenvalue weighted by atomic mass is 16.6. The fourth-order valence-corrected chi connectivity index (χ4v) is 6.17. The zero-order valence-corrected chi connectivity index (χ0v) is 27.7. The van der Waals surface area contributed by atoms with E-state index in [1.165, 1.54) is 24.1 Å². The van der Waals surface area contributed by atoms with Crippen LogP contribution in [0.4, 0.5) is 10.5 Å². The first-order chi connectivity index (χ1) is 21.9. The number of fused-ring (bicyclic) bond motifs is 2. The number of methoxy groups -OCH3 is 1. The molecule has 10 heteroatoms. The molecule has 0 radical (unpaired) electrons. The first-order valence-electron chi connectivity index (χ1n) is 15.8. The van der Waals surface area contributed by atoms with Crippen molar-refractivity contribution in [3.63, 3.8) is 0 Å². The van der Waals surface area contributed by atoms with Crippen LogP contribution >= 0.6 is 0 Å². The van der Waals surface area contributed by atoms with Crippen molar-refractivity contribution in [2.24, 2.45) is 11.8 Å². The van der Waals surface area contributed by atoms with Crippen molar-refractivity contribution >= 4 is 29.4 Å². The van der Waals surface area contributed by atoms with Crippen molar-refractivity contribution in [2.45, 2.75) is 85.5 Å². The van der Waals surface area contributed by atoms with Gasteiger partial charge in [-0.05, 0) is 62.3 Å². The number of ether oxygens (including phenoxy) is 2. The molecule has 0 saturated heterocycles. The van der Waals surface area contributed by atoms with Crippen molar-refractivity contribution < 1.29 is 33.8 Å². The third-order valence-electron chi connectivity index (χ3n) is 8.86. The summed E-state index contributed by atoms with van der Waals surface area (Å²) in [6, 6.07) is 8.57. The van der Waals surface area contributed by atoms with Crippen LogP contribution in [0.2, 0.25) is 0 Å². The third kappa shape index (κ3) is 7.27. The average Bonchev–Trinajstić information content (AvgIpc) is 3.42. The van der Waals surface area contributed by atoms with E-state index in [1.807, 2.05) is 46.8 Å². The number of phenols is 1. The van der Waals surface area contributed by atoms with Crippen LogP contribution in [0.5, 0.6) is 11.5 Å². The Labute approximate surface area is 271 Å². The minimum absolute atomic E-state index is 0.0434. The highest BCUT2D eigenvalue weighted by molar-refractivity contribution is 6.06. The Hall–Kier alpha value is -4.60. The lowest BCUT2D eigenvalue weighted by Gasteiger charge is -2.33. The first-order valence-corrected chi connectivity index (χ1v) is 15.8. The van der Waals surface area contributed by atoms with E-state index in [1.54, 1.807) is 42.3 Å². The molecule has 246 valence electrons. The second kappa shape index (κ2) is 14.7. The van der Waals surface area contributed by atoms with E-state index in [4.69, 9.17) is 9.47 Å². The Morgan fingerprint density at radius 3 is 2.39 bits per heavy atom. The first kappa shape index (κ1) is 34.3. The minimum atomic E-state index is -0.664. The largest absolute Gasteiger partial charge is 0.504 e. The van der Waals surface area contributed by atoms with Gasteiger partial charge in [0.2, 0.25) is 5.91 Å². The molecule has 0 fully saturated rings. The van der Waals surface area contributed by atoms with Gasteiger partial charge in [-0.3, -0.25) is 19.3 Å². The molecule has 46 heavy (non-hydrogen) atoms. The number of hydrogen-bond acceptors (Lipinski definition) is 7. The number of Topliss-reactive ketones (excluding diaryl/α,β-unsaturated/α-hetero) is 1. The second-order valence-electron chi connectivity index (χ2n) is 12.3. The van der Waals surface area contributed by atoms with E-state index in [-0.39, 0.29) is 71.3 Å². The summed E-state index contributed by atoms with van der Waals surface area (Å²) in [5.74, 6) is -0.525. The molecule has 0 spiro atoms. The summed E-state index contributed by atoms with van der Waals surface area (Å²) >= 11 is 0. The molecule has 10 nitrogen and oxygen atoms in total. The number of ketones is 1. The number of nitrogens with one attached hydrogen (secondary N) is 1. The normalized spacial score (nSPS) is 18.9.